The predicted molar refractivity (Wildman–Crippen MR) is 68.7 cm³/mol. The van der Waals surface area contributed by atoms with Crippen molar-refractivity contribution in [2.45, 2.75) is 18.2 Å². The van der Waals surface area contributed by atoms with E-state index in [-0.39, 0.29) is 12.3 Å². The zero-order chi connectivity index (χ0) is 12.8. The quantitative estimate of drug-likeness (QED) is 0.810. The summed E-state index contributed by atoms with van der Waals surface area (Å²) in [5.74, 6) is -0.588. The molecule has 0 fully saturated rings. The van der Waals surface area contributed by atoms with Gasteiger partial charge < -0.3 is 10.4 Å². The zero-order valence-corrected chi connectivity index (χ0v) is 10.8. The second-order valence-corrected chi connectivity index (χ2v) is 4.89. The number of hydrogen-bond acceptors (Lipinski definition) is 3. The summed E-state index contributed by atoms with van der Waals surface area (Å²) >= 11 is 7.20. The van der Waals surface area contributed by atoms with Gasteiger partial charge in [0.2, 0.25) is 5.91 Å². The van der Waals surface area contributed by atoms with Gasteiger partial charge in [0, 0.05) is 22.6 Å². The molecule has 0 aromatic heterocycles. The lowest BCUT2D eigenvalue weighted by Gasteiger charge is -2.09. The van der Waals surface area contributed by atoms with Gasteiger partial charge in [-0.05, 0) is 18.2 Å². The molecule has 0 bridgehead atoms. The highest BCUT2D eigenvalue weighted by Crippen LogP contribution is 2.30. The number of hydrogen-bond donors (Lipinski definition) is 2. The van der Waals surface area contributed by atoms with Crippen LogP contribution in [0, 0.1) is 0 Å². The minimum absolute atomic E-state index is 0.0662. The Hall–Kier alpha value is -1.20. The lowest BCUT2D eigenvalue weighted by molar-refractivity contribution is -0.136. The number of halogens is 1. The Bertz CT molecular complexity index is 437. The third-order valence-corrected chi connectivity index (χ3v) is 3.12. The molecular formula is C11H12ClNO3S. The molecule has 6 heteroatoms. The Morgan fingerprint density at radius 3 is 2.76 bits per heavy atom. The van der Waals surface area contributed by atoms with Crippen LogP contribution >= 0.6 is 23.4 Å². The number of nitrogens with one attached hydrogen (secondary N) is 1. The molecule has 92 valence electrons. The van der Waals surface area contributed by atoms with Gasteiger partial charge in [-0.1, -0.05) is 11.6 Å². The largest absolute Gasteiger partial charge is 0.481 e. The number of aliphatic carboxylic acids is 1. The van der Waals surface area contributed by atoms with Gasteiger partial charge in [0.25, 0.3) is 0 Å². The molecule has 17 heavy (non-hydrogen) atoms. The Morgan fingerprint density at radius 2 is 2.18 bits per heavy atom. The molecule has 0 spiro atoms. The SMILES string of the molecule is CC(=O)Nc1ccc(Cl)cc1SCCC(=O)O. The van der Waals surface area contributed by atoms with E-state index < -0.39 is 5.97 Å². The van der Waals surface area contributed by atoms with Gasteiger partial charge in [0.1, 0.15) is 0 Å². The van der Waals surface area contributed by atoms with Crippen LogP contribution in [0.2, 0.25) is 5.02 Å². The number of carbonyl (C=O) groups is 2. The monoisotopic (exact) mass is 273 g/mol. The zero-order valence-electron chi connectivity index (χ0n) is 9.20. The van der Waals surface area contributed by atoms with E-state index in [1.165, 1.54) is 18.7 Å². The molecule has 4 nitrogen and oxygen atoms in total. The molecule has 1 amide bonds. The van der Waals surface area contributed by atoms with Gasteiger partial charge in [-0.15, -0.1) is 11.8 Å². The van der Waals surface area contributed by atoms with Crippen LogP contribution in [0.3, 0.4) is 0 Å². The van der Waals surface area contributed by atoms with Gasteiger partial charge >= 0.3 is 5.97 Å². The third-order valence-electron chi connectivity index (χ3n) is 1.83. The van der Waals surface area contributed by atoms with E-state index in [1.54, 1.807) is 18.2 Å². The predicted octanol–water partition coefficient (Wildman–Crippen LogP) is 2.87. The van der Waals surface area contributed by atoms with E-state index in [4.69, 9.17) is 16.7 Å². The lowest BCUT2D eigenvalue weighted by atomic mass is 10.3. The molecule has 2 N–H and O–H groups in total. The van der Waals surface area contributed by atoms with Crippen molar-refractivity contribution in [3.05, 3.63) is 23.2 Å². The number of benzene rings is 1. The third kappa shape index (κ3) is 5.10. The average Bonchev–Trinajstić information content (AvgIpc) is 2.21. The smallest absolute Gasteiger partial charge is 0.304 e. The van der Waals surface area contributed by atoms with Gasteiger partial charge in [0.05, 0.1) is 12.1 Å². The fourth-order valence-electron chi connectivity index (χ4n) is 1.16. The van der Waals surface area contributed by atoms with Crippen molar-refractivity contribution in [2.24, 2.45) is 0 Å². The molecule has 0 aliphatic heterocycles. The van der Waals surface area contributed by atoms with Gasteiger partial charge in [-0.2, -0.15) is 0 Å². The van der Waals surface area contributed by atoms with E-state index in [2.05, 4.69) is 5.32 Å². The maximum absolute atomic E-state index is 11.0. The molecule has 1 rings (SSSR count). The molecular weight excluding hydrogens is 262 g/mol. The van der Waals surface area contributed by atoms with Crippen molar-refractivity contribution in [1.29, 1.82) is 0 Å². The first kappa shape index (κ1) is 13.9. The first-order valence-electron chi connectivity index (χ1n) is 4.91. The normalized spacial score (nSPS) is 10.0. The molecule has 0 saturated carbocycles. The molecule has 0 atom stereocenters. The Balaban J connectivity index is 2.76. The van der Waals surface area contributed by atoms with E-state index in [1.807, 2.05) is 0 Å². The summed E-state index contributed by atoms with van der Waals surface area (Å²) in [6.07, 6.45) is 0.0662. The van der Waals surface area contributed by atoms with Crippen LogP contribution < -0.4 is 5.32 Å². The standard InChI is InChI=1S/C11H12ClNO3S/c1-7(14)13-9-3-2-8(12)6-10(9)17-5-4-11(15)16/h2-3,6H,4-5H2,1H3,(H,13,14)(H,15,16). The summed E-state index contributed by atoms with van der Waals surface area (Å²) in [5.41, 5.74) is 0.650. The number of anilines is 1. The highest BCUT2D eigenvalue weighted by molar-refractivity contribution is 7.99. The Kier molecular flexibility index (Phi) is 5.31. The highest BCUT2D eigenvalue weighted by Gasteiger charge is 2.06. The van der Waals surface area contributed by atoms with E-state index >= 15 is 0 Å². The molecule has 0 heterocycles. The van der Waals surface area contributed by atoms with E-state index in [0.29, 0.717) is 16.5 Å². The van der Waals surface area contributed by atoms with Crippen molar-refractivity contribution in [3.8, 4) is 0 Å². The number of carboxylic acids is 1. The molecule has 0 unspecified atom stereocenters. The fourth-order valence-corrected chi connectivity index (χ4v) is 2.38. The van der Waals surface area contributed by atoms with Crippen molar-refractivity contribution in [1.82, 2.24) is 0 Å². The van der Waals surface area contributed by atoms with E-state index in [9.17, 15) is 9.59 Å². The summed E-state index contributed by atoms with van der Waals surface area (Å²) in [6, 6.07) is 5.08. The van der Waals surface area contributed by atoms with Crippen LogP contribution in [0.1, 0.15) is 13.3 Å². The topological polar surface area (TPSA) is 66.4 Å². The van der Waals surface area contributed by atoms with Crippen LogP contribution in [-0.4, -0.2) is 22.7 Å². The van der Waals surface area contributed by atoms with Crippen molar-refractivity contribution < 1.29 is 14.7 Å². The summed E-state index contributed by atoms with van der Waals surface area (Å²) in [7, 11) is 0. The van der Waals surface area contributed by atoms with E-state index in [0.717, 1.165) is 4.90 Å². The fraction of sp³-hybridized carbons (Fsp3) is 0.273. The molecule has 1 aromatic rings. The highest BCUT2D eigenvalue weighted by atomic mass is 35.5. The van der Waals surface area contributed by atoms with Gasteiger partial charge in [-0.25, -0.2) is 0 Å². The van der Waals surface area contributed by atoms with Gasteiger partial charge in [-0.3, -0.25) is 9.59 Å². The Labute approximate surface area is 108 Å². The summed E-state index contributed by atoms with van der Waals surface area (Å²) in [6.45, 7) is 1.42. The Morgan fingerprint density at radius 1 is 1.47 bits per heavy atom. The first-order chi connectivity index (χ1) is 7.99. The lowest BCUT2D eigenvalue weighted by Crippen LogP contribution is -2.07. The number of carbonyl (C=O) groups excluding carboxylic acids is 1. The molecule has 0 saturated heterocycles. The maximum atomic E-state index is 11.0. The number of rotatable bonds is 5. The minimum Gasteiger partial charge on any atom is -0.481 e. The first-order valence-corrected chi connectivity index (χ1v) is 6.27. The van der Waals surface area contributed by atoms with Crippen LogP contribution in [0.5, 0.6) is 0 Å². The van der Waals surface area contributed by atoms with Crippen LogP contribution in [0.25, 0.3) is 0 Å². The molecule has 0 aliphatic carbocycles. The van der Waals surface area contributed by atoms with Crippen LogP contribution in [0.15, 0.2) is 23.1 Å². The number of thioether (sulfide) groups is 1. The second kappa shape index (κ2) is 6.51. The van der Waals surface area contributed by atoms with Crippen molar-refractivity contribution in [3.63, 3.8) is 0 Å². The molecule has 1 aromatic carbocycles. The molecule has 0 radical (unpaired) electrons. The van der Waals surface area contributed by atoms with Crippen molar-refractivity contribution >= 4 is 40.9 Å². The minimum atomic E-state index is -0.847. The van der Waals surface area contributed by atoms with Gasteiger partial charge in [0.15, 0.2) is 0 Å². The number of carboxylic acid groups (broad SMARTS) is 1. The maximum Gasteiger partial charge on any atom is 0.304 e. The number of amides is 1. The van der Waals surface area contributed by atoms with Crippen LogP contribution in [0.4, 0.5) is 5.69 Å². The average molecular weight is 274 g/mol. The summed E-state index contributed by atoms with van der Waals surface area (Å²) < 4.78 is 0. The van der Waals surface area contributed by atoms with Crippen molar-refractivity contribution in [2.75, 3.05) is 11.1 Å². The van der Waals surface area contributed by atoms with Crippen LogP contribution in [-0.2, 0) is 9.59 Å². The molecule has 0 aliphatic rings. The summed E-state index contributed by atoms with van der Waals surface area (Å²) in [4.78, 5) is 22.2. The summed E-state index contributed by atoms with van der Waals surface area (Å²) in [5, 5.41) is 11.8. The second-order valence-electron chi connectivity index (χ2n) is 3.31.